The molecule has 7 heteroatoms. The van der Waals surface area contributed by atoms with Gasteiger partial charge < -0.3 is 9.88 Å². The number of nitrogens with one attached hydrogen (secondary N) is 1. The maximum absolute atomic E-state index is 12.4. The first-order valence-corrected chi connectivity index (χ1v) is 5.84. The van der Waals surface area contributed by atoms with Crippen molar-refractivity contribution in [3.8, 4) is 0 Å². The molecule has 4 nitrogen and oxygen atoms in total. The molecule has 0 radical (unpaired) electrons. The fraction of sp³-hybridized carbons (Fsp3) is 0.231. The number of amides is 1. The Morgan fingerprint density at radius 1 is 1.30 bits per heavy atom. The summed E-state index contributed by atoms with van der Waals surface area (Å²) in [5.41, 5.74) is -0.853. The summed E-state index contributed by atoms with van der Waals surface area (Å²) in [6.07, 6.45) is -0.293. The lowest BCUT2D eigenvalue weighted by atomic mass is 10.2. The van der Waals surface area contributed by atoms with Crippen LogP contribution in [0.1, 0.15) is 18.5 Å². The van der Waals surface area contributed by atoms with Gasteiger partial charge in [0.2, 0.25) is 5.91 Å². The highest BCUT2D eigenvalue weighted by molar-refractivity contribution is 5.92. The molecule has 2 aromatic rings. The molecule has 0 aliphatic heterocycles. The molecular formula is C13H12F3N3O. The summed E-state index contributed by atoms with van der Waals surface area (Å²) in [6.45, 7) is 1.68. The van der Waals surface area contributed by atoms with E-state index in [1.54, 1.807) is 36.0 Å². The number of carbonyl (C=O) groups excluding carboxylic acids is 1. The first-order chi connectivity index (χ1) is 9.38. The second-order valence-corrected chi connectivity index (χ2v) is 4.23. The summed E-state index contributed by atoms with van der Waals surface area (Å²) < 4.78 is 38.8. The van der Waals surface area contributed by atoms with Gasteiger partial charge in [0, 0.05) is 18.6 Å². The van der Waals surface area contributed by atoms with E-state index in [4.69, 9.17) is 0 Å². The fourth-order valence-corrected chi connectivity index (χ4v) is 1.61. The minimum absolute atomic E-state index is 0.0852. The zero-order chi connectivity index (χ0) is 14.8. The van der Waals surface area contributed by atoms with Gasteiger partial charge >= 0.3 is 6.18 Å². The van der Waals surface area contributed by atoms with Crippen molar-refractivity contribution in [3.63, 3.8) is 0 Å². The molecule has 1 atom stereocenters. The largest absolute Gasteiger partial charge is 0.417 e. The molecule has 0 spiro atoms. The van der Waals surface area contributed by atoms with E-state index in [1.165, 1.54) is 0 Å². The Hall–Kier alpha value is -2.31. The molecule has 106 valence electrons. The van der Waals surface area contributed by atoms with Crippen molar-refractivity contribution in [2.45, 2.75) is 19.1 Å². The summed E-state index contributed by atoms with van der Waals surface area (Å²) in [5, 5.41) is 2.47. The average molecular weight is 283 g/mol. The van der Waals surface area contributed by atoms with Crippen LogP contribution in [0.3, 0.4) is 0 Å². The molecule has 0 bridgehead atoms. The molecule has 0 unspecified atom stereocenters. The Bertz CT molecular complexity index is 576. The zero-order valence-electron chi connectivity index (χ0n) is 10.6. The number of anilines is 1. The second kappa shape index (κ2) is 5.36. The Kier molecular flexibility index (Phi) is 3.78. The molecule has 0 saturated carbocycles. The molecule has 1 N–H and O–H groups in total. The Labute approximate surface area is 113 Å². The lowest BCUT2D eigenvalue weighted by molar-refractivity contribution is -0.137. The van der Waals surface area contributed by atoms with Crippen LogP contribution in [0.4, 0.5) is 19.0 Å². The van der Waals surface area contributed by atoms with Crippen LogP contribution in [0, 0.1) is 0 Å². The van der Waals surface area contributed by atoms with E-state index in [0.29, 0.717) is 6.20 Å². The van der Waals surface area contributed by atoms with Crippen molar-refractivity contribution in [2.24, 2.45) is 0 Å². The SMILES string of the molecule is C[C@H](C(=O)Nc1ccc(C(F)(F)F)cn1)n1cccc1. The minimum atomic E-state index is -4.44. The number of nitrogens with zero attached hydrogens (tertiary/aromatic N) is 2. The highest BCUT2D eigenvalue weighted by Gasteiger charge is 2.30. The third-order valence-corrected chi connectivity index (χ3v) is 2.80. The number of alkyl halides is 3. The second-order valence-electron chi connectivity index (χ2n) is 4.23. The van der Waals surface area contributed by atoms with E-state index in [-0.39, 0.29) is 11.7 Å². The van der Waals surface area contributed by atoms with Gasteiger partial charge in [0.15, 0.2) is 0 Å². The summed E-state index contributed by atoms with van der Waals surface area (Å²) in [7, 11) is 0. The van der Waals surface area contributed by atoms with Crippen LogP contribution in [0.25, 0.3) is 0 Å². The van der Waals surface area contributed by atoms with Gasteiger partial charge in [-0.15, -0.1) is 0 Å². The minimum Gasteiger partial charge on any atom is -0.342 e. The van der Waals surface area contributed by atoms with Gasteiger partial charge in [-0.2, -0.15) is 13.2 Å². The quantitative estimate of drug-likeness (QED) is 0.940. The van der Waals surface area contributed by atoms with Crippen LogP contribution in [-0.2, 0) is 11.0 Å². The van der Waals surface area contributed by atoms with Gasteiger partial charge in [0.1, 0.15) is 11.9 Å². The predicted molar refractivity (Wildman–Crippen MR) is 67.0 cm³/mol. The maximum Gasteiger partial charge on any atom is 0.417 e. The number of hydrogen-bond acceptors (Lipinski definition) is 2. The third kappa shape index (κ3) is 3.17. The Morgan fingerprint density at radius 2 is 1.95 bits per heavy atom. The molecule has 20 heavy (non-hydrogen) atoms. The van der Waals surface area contributed by atoms with Crippen molar-refractivity contribution in [3.05, 3.63) is 48.4 Å². The van der Waals surface area contributed by atoms with Crippen molar-refractivity contribution in [2.75, 3.05) is 5.32 Å². The molecule has 2 heterocycles. The van der Waals surface area contributed by atoms with Crippen LogP contribution < -0.4 is 5.32 Å². The fourth-order valence-electron chi connectivity index (χ4n) is 1.61. The van der Waals surface area contributed by atoms with Crippen molar-refractivity contribution >= 4 is 11.7 Å². The van der Waals surface area contributed by atoms with Crippen molar-refractivity contribution < 1.29 is 18.0 Å². The molecule has 0 aromatic carbocycles. The Morgan fingerprint density at radius 3 is 2.45 bits per heavy atom. The van der Waals surface area contributed by atoms with E-state index >= 15 is 0 Å². The molecule has 0 saturated heterocycles. The van der Waals surface area contributed by atoms with Crippen LogP contribution in [0.2, 0.25) is 0 Å². The first-order valence-electron chi connectivity index (χ1n) is 5.84. The van der Waals surface area contributed by atoms with E-state index in [9.17, 15) is 18.0 Å². The molecular weight excluding hydrogens is 271 g/mol. The van der Waals surface area contributed by atoms with E-state index in [2.05, 4.69) is 10.3 Å². The summed E-state index contributed by atoms with van der Waals surface area (Å²) in [6, 6.07) is 5.08. The zero-order valence-corrected chi connectivity index (χ0v) is 10.6. The summed E-state index contributed by atoms with van der Waals surface area (Å²) in [4.78, 5) is 15.5. The smallest absolute Gasteiger partial charge is 0.342 e. The van der Waals surface area contributed by atoms with E-state index in [0.717, 1.165) is 12.1 Å². The van der Waals surface area contributed by atoms with Crippen LogP contribution in [-0.4, -0.2) is 15.5 Å². The number of aromatic nitrogens is 2. The molecule has 1 amide bonds. The molecule has 2 rings (SSSR count). The van der Waals surface area contributed by atoms with Crippen LogP contribution in [0.5, 0.6) is 0 Å². The van der Waals surface area contributed by atoms with Crippen LogP contribution >= 0.6 is 0 Å². The highest BCUT2D eigenvalue weighted by atomic mass is 19.4. The maximum atomic E-state index is 12.4. The van der Waals surface area contributed by atoms with Crippen LogP contribution in [0.15, 0.2) is 42.9 Å². The lowest BCUT2D eigenvalue weighted by Crippen LogP contribution is -2.23. The van der Waals surface area contributed by atoms with Gasteiger partial charge in [-0.1, -0.05) is 0 Å². The standard InChI is InChI=1S/C13H12F3N3O/c1-9(19-6-2-3-7-19)12(20)18-11-5-4-10(8-17-11)13(14,15)16/h2-9H,1H3,(H,17,18,20)/t9-/m1/s1. The van der Waals surface area contributed by atoms with Gasteiger partial charge in [0.25, 0.3) is 0 Å². The van der Waals surface area contributed by atoms with Gasteiger partial charge in [-0.3, -0.25) is 4.79 Å². The third-order valence-electron chi connectivity index (χ3n) is 2.80. The number of rotatable bonds is 3. The molecule has 0 aliphatic rings. The molecule has 2 aromatic heterocycles. The van der Waals surface area contributed by atoms with Crippen molar-refractivity contribution in [1.29, 1.82) is 0 Å². The molecule has 0 aliphatic carbocycles. The first kappa shape index (κ1) is 14.1. The summed E-state index contributed by atoms with van der Waals surface area (Å²) in [5.74, 6) is -0.268. The number of carbonyl (C=O) groups is 1. The Balaban J connectivity index is 2.05. The number of halogens is 3. The molecule has 0 fully saturated rings. The predicted octanol–water partition coefficient (Wildman–Crippen LogP) is 3.10. The number of pyridine rings is 1. The van der Waals surface area contributed by atoms with Gasteiger partial charge in [-0.25, -0.2) is 4.98 Å². The number of hydrogen-bond donors (Lipinski definition) is 1. The van der Waals surface area contributed by atoms with E-state index in [1.807, 2.05) is 0 Å². The van der Waals surface area contributed by atoms with Crippen molar-refractivity contribution in [1.82, 2.24) is 9.55 Å². The summed E-state index contributed by atoms with van der Waals surface area (Å²) >= 11 is 0. The normalized spacial score (nSPS) is 13.0. The average Bonchev–Trinajstić information content (AvgIpc) is 2.91. The van der Waals surface area contributed by atoms with E-state index < -0.39 is 17.8 Å². The highest BCUT2D eigenvalue weighted by Crippen LogP contribution is 2.28. The monoisotopic (exact) mass is 283 g/mol. The van der Waals surface area contributed by atoms with Gasteiger partial charge in [-0.05, 0) is 31.2 Å². The topological polar surface area (TPSA) is 46.9 Å². The lowest BCUT2D eigenvalue weighted by Gasteiger charge is -2.13. The van der Waals surface area contributed by atoms with Gasteiger partial charge in [0.05, 0.1) is 5.56 Å².